The predicted molar refractivity (Wildman–Crippen MR) is 124 cm³/mol. The van der Waals surface area contributed by atoms with Gasteiger partial charge in [0, 0.05) is 14.7 Å². The van der Waals surface area contributed by atoms with Crippen LogP contribution in [0.3, 0.4) is 0 Å². The van der Waals surface area contributed by atoms with E-state index in [0.717, 1.165) is 57.9 Å². The molecule has 0 spiro atoms. The molecule has 30 heavy (non-hydrogen) atoms. The number of nitrogens with zero attached hydrogens (tertiary/aromatic N) is 4. The van der Waals surface area contributed by atoms with Crippen LogP contribution in [-0.2, 0) is 11.5 Å². The summed E-state index contributed by atoms with van der Waals surface area (Å²) in [5.74, 6) is 1.81. The summed E-state index contributed by atoms with van der Waals surface area (Å²) in [6, 6.07) is 11.5. The Morgan fingerprint density at radius 2 is 1.77 bits per heavy atom. The molecule has 158 valence electrons. The molecule has 0 amide bonds. The van der Waals surface area contributed by atoms with Gasteiger partial charge >= 0.3 is 0 Å². The summed E-state index contributed by atoms with van der Waals surface area (Å²) in [4.78, 5) is 9.44. The molecular weight excluding hydrogens is 392 g/mol. The molecular formula is C23H30N4O2Si. The zero-order chi connectivity index (χ0) is 21.5. The minimum absolute atomic E-state index is 0.473. The number of hydrogen-bond acceptors (Lipinski definition) is 4. The first kappa shape index (κ1) is 20.6. The van der Waals surface area contributed by atoms with Crippen LogP contribution in [0.1, 0.15) is 11.5 Å². The van der Waals surface area contributed by atoms with Crippen molar-refractivity contribution in [1.82, 2.24) is 18.9 Å². The topological polar surface area (TPSA) is 53.6 Å². The molecule has 3 aromatic heterocycles. The molecule has 0 radical (unpaired) electrons. The van der Waals surface area contributed by atoms with E-state index in [-0.39, 0.29) is 0 Å². The van der Waals surface area contributed by atoms with Crippen molar-refractivity contribution in [2.24, 2.45) is 0 Å². The Bertz CT molecular complexity index is 1190. The lowest BCUT2D eigenvalue weighted by Crippen LogP contribution is -2.22. The van der Waals surface area contributed by atoms with Gasteiger partial charge in [0.2, 0.25) is 0 Å². The van der Waals surface area contributed by atoms with Gasteiger partial charge in [-0.25, -0.2) is 9.97 Å². The van der Waals surface area contributed by atoms with Gasteiger partial charge in [0.1, 0.15) is 18.3 Å². The van der Waals surface area contributed by atoms with Crippen LogP contribution in [0.2, 0.25) is 25.7 Å². The van der Waals surface area contributed by atoms with Gasteiger partial charge in [0.15, 0.2) is 5.65 Å². The molecule has 0 aliphatic carbocycles. The molecule has 1 aromatic carbocycles. The summed E-state index contributed by atoms with van der Waals surface area (Å²) >= 11 is 0. The van der Waals surface area contributed by atoms with Gasteiger partial charge in [-0.1, -0.05) is 19.6 Å². The summed E-state index contributed by atoms with van der Waals surface area (Å²) in [7, 11) is 0.546. The van der Waals surface area contributed by atoms with Crippen LogP contribution < -0.4 is 4.74 Å². The fraction of sp³-hybridized carbons (Fsp3) is 0.391. The highest BCUT2D eigenvalue weighted by Gasteiger charge is 2.18. The van der Waals surface area contributed by atoms with Gasteiger partial charge in [0.05, 0.1) is 35.7 Å². The van der Waals surface area contributed by atoms with E-state index in [4.69, 9.17) is 14.5 Å². The van der Waals surface area contributed by atoms with Crippen LogP contribution >= 0.6 is 0 Å². The molecule has 0 bridgehead atoms. The average Bonchev–Trinajstić information content (AvgIpc) is 3.21. The van der Waals surface area contributed by atoms with Gasteiger partial charge in [-0.2, -0.15) is 0 Å². The summed E-state index contributed by atoms with van der Waals surface area (Å²) in [5.41, 5.74) is 6.16. The van der Waals surface area contributed by atoms with Crippen LogP contribution in [0.25, 0.3) is 27.9 Å². The van der Waals surface area contributed by atoms with Crippen molar-refractivity contribution >= 4 is 24.8 Å². The normalized spacial score (nSPS) is 12.2. The molecule has 4 rings (SSSR count). The Hall–Kier alpha value is -2.64. The second kappa shape index (κ2) is 7.89. The van der Waals surface area contributed by atoms with Crippen LogP contribution in [0, 0.1) is 13.8 Å². The Morgan fingerprint density at radius 3 is 2.43 bits per heavy atom. The third-order valence-electron chi connectivity index (χ3n) is 5.47. The van der Waals surface area contributed by atoms with Gasteiger partial charge in [-0.05, 0) is 55.8 Å². The Kier molecular flexibility index (Phi) is 5.42. The molecule has 0 N–H and O–H groups in total. The first-order chi connectivity index (χ1) is 14.3. The van der Waals surface area contributed by atoms with E-state index in [2.05, 4.69) is 51.8 Å². The SMILES string of the molecule is COc1ccc(-c2cc3c(ncc4c(C)nc(C)n43)n2COCC[Si](C)(C)C)cc1. The van der Waals surface area contributed by atoms with E-state index in [0.29, 0.717) is 6.73 Å². The van der Waals surface area contributed by atoms with Crippen molar-refractivity contribution in [2.45, 2.75) is 46.3 Å². The first-order valence-electron chi connectivity index (χ1n) is 10.3. The highest BCUT2D eigenvalue weighted by molar-refractivity contribution is 6.76. The number of ether oxygens (including phenoxy) is 2. The van der Waals surface area contributed by atoms with E-state index in [1.165, 1.54) is 0 Å². The first-order valence-corrected chi connectivity index (χ1v) is 14.1. The maximum atomic E-state index is 6.12. The fourth-order valence-corrected chi connectivity index (χ4v) is 4.51. The van der Waals surface area contributed by atoms with Gasteiger partial charge in [-0.3, -0.25) is 4.40 Å². The van der Waals surface area contributed by atoms with Crippen LogP contribution in [0.15, 0.2) is 36.5 Å². The van der Waals surface area contributed by atoms with Crippen molar-refractivity contribution in [3.8, 4) is 17.0 Å². The zero-order valence-electron chi connectivity index (χ0n) is 18.7. The van der Waals surface area contributed by atoms with E-state index in [1.54, 1.807) is 7.11 Å². The molecule has 6 nitrogen and oxygen atoms in total. The maximum absolute atomic E-state index is 6.12. The third-order valence-corrected chi connectivity index (χ3v) is 7.17. The van der Waals surface area contributed by atoms with Crippen molar-refractivity contribution < 1.29 is 9.47 Å². The molecule has 3 heterocycles. The largest absolute Gasteiger partial charge is 0.497 e. The standard InChI is InChI=1S/C23H30N4O2Si/c1-16-22-14-24-23-21(27(22)17(2)25-16)13-20(18-7-9-19(28-3)10-8-18)26(23)15-29-11-12-30(4,5)6/h7-10,13-14H,11-12,15H2,1-6H3. The molecule has 0 saturated heterocycles. The molecule has 0 unspecified atom stereocenters. The minimum atomic E-state index is -1.14. The number of methoxy groups -OCH3 is 1. The maximum Gasteiger partial charge on any atom is 0.159 e. The minimum Gasteiger partial charge on any atom is -0.497 e. The molecule has 0 atom stereocenters. The van der Waals surface area contributed by atoms with Crippen molar-refractivity contribution in [3.05, 3.63) is 48.0 Å². The van der Waals surface area contributed by atoms with E-state index < -0.39 is 8.07 Å². The molecule has 0 fully saturated rings. The van der Waals surface area contributed by atoms with Crippen LogP contribution in [0.4, 0.5) is 0 Å². The third kappa shape index (κ3) is 3.87. The predicted octanol–water partition coefficient (Wildman–Crippen LogP) is 5.29. The lowest BCUT2D eigenvalue weighted by atomic mass is 10.1. The number of imidazole rings is 1. The van der Waals surface area contributed by atoms with E-state index in [1.807, 2.05) is 32.2 Å². The monoisotopic (exact) mass is 422 g/mol. The number of fused-ring (bicyclic) bond motifs is 3. The van der Waals surface area contributed by atoms with Crippen molar-refractivity contribution in [1.29, 1.82) is 0 Å². The number of rotatable bonds is 7. The van der Waals surface area contributed by atoms with Crippen molar-refractivity contribution in [2.75, 3.05) is 13.7 Å². The summed E-state index contributed by atoms with van der Waals surface area (Å²) in [5, 5.41) is 0. The highest BCUT2D eigenvalue weighted by atomic mass is 28.3. The summed E-state index contributed by atoms with van der Waals surface area (Å²) in [6.07, 6.45) is 1.91. The van der Waals surface area contributed by atoms with Gasteiger partial charge in [-0.15, -0.1) is 0 Å². The second-order valence-electron chi connectivity index (χ2n) is 8.97. The molecule has 0 aliphatic rings. The lowest BCUT2D eigenvalue weighted by molar-refractivity contribution is 0.0909. The Balaban J connectivity index is 1.81. The number of hydrogen-bond donors (Lipinski definition) is 0. The molecule has 0 saturated carbocycles. The molecule has 0 aliphatic heterocycles. The smallest absolute Gasteiger partial charge is 0.159 e. The zero-order valence-corrected chi connectivity index (χ0v) is 19.7. The second-order valence-corrected chi connectivity index (χ2v) is 14.6. The molecule has 4 aromatic rings. The van der Waals surface area contributed by atoms with Crippen LogP contribution in [0.5, 0.6) is 5.75 Å². The average molecular weight is 423 g/mol. The lowest BCUT2D eigenvalue weighted by Gasteiger charge is -2.16. The van der Waals surface area contributed by atoms with Crippen molar-refractivity contribution in [3.63, 3.8) is 0 Å². The van der Waals surface area contributed by atoms with Crippen LogP contribution in [-0.4, -0.2) is 40.7 Å². The Morgan fingerprint density at radius 1 is 1.03 bits per heavy atom. The summed E-state index contributed by atoms with van der Waals surface area (Å²) < 4.78 is 15.8. The fourth-order valence-electron chi connectivity index (χ4n) is 3.75. The highest BCUT2D eigenvalue weighted by Crippen LogP contribution is 2.30. The van der Waals surface area contributed by atoms with Gasteiger partial charge in [0.25, 0.3) is 0 Å². The van der Waals surface area contributed by atoms with Gasteiger partial charge < -0.3 is 14.0 Å². The quantitative estimate of drug-likeness (QED) is 0.300. The number of aryl methyl sites for hydroxylation is 2. The molecule has 7 heteroatoms. The number of aromatic nitrogens is 4. The number of benzene rings is 1. The summed E-state index contributed by atoms with van der Waals surface area (Å²) in [6.45, 7) is 12.4. The Labute approximate surface area is 178 Å². The van der Waals surface area contributed by atoms with E-state index in [9.17, 15) is 0 Å². The van der Waals surface area contributed by atoms with E-state index >= 15 is 0 Å².